The standard InChI is InChI=1S/C24H27F3N8O3/c25-15-7-8-16(19(27)18(15)26)31-23-32-17-10-29-22(30-13-2-1-9-34(11-13)24(37)38)33-21(17)35(23)14-5-3-12(4-6-14)20(28)36/h7-8,10,12-14H,1-6,9,11H2,(H2,28,36)(H,31,32)(H,37,38)(H,29,30,33)/t12-,13?,14-. The fourth-order valence-corrected chi connectivity index (χ4v) is 5.21. The van der Waals surface area contributed by atoms with Crippen molar-refractivity contribution in [1.82, 2.24) is 24.4 Å². The summed E-state index contributed by atoms with van der Waals surface area (Å²) in [5.74, 6) is -4.48. The van der Waals surface area contributed by atoms with Crippen LogP contribution in [0.4, 0.5) is 35.5 Å². The second-order valence-corrected chi connectivity index (χ2v) is 9.68. The van der Waals surface area contributed by atoms with Crippen LogP contribution in [-0.4, -0.2) is 60.7 Å². The van der Waals surface area contributed by atoms with Gasteiger partial charge in [-0.2, -0.15) is 4.98 Å². The third-order valence-corrected chi connectivity index (χ3v) is 7.20. The van der Waals surface area contributed by atoms with Gasteiger partial charge in [-0.25, -0.2) is 27.9 Å². The summed E-state index contributed by atoms with van der Waals surface area (Å²) >= 11 is 0. The highest BCUT2D eigenvalue weighted by Gasteiger charge is 2.30. The molecule has 1 saturated carbocycles. The summed E-state index contributed by atoms with van der Waals surface area (Å²) in [6.07, 6.45) is 4.15. The van der Waals surface area contributed by atoms with Crippen LogP contribution < -0.4 is 16.4 Å². The average molecular weight is 533 g/mol. The number of carbonyl (C=O) groups is 2. The Kier molecular flexibility index (Phi) is 6.95. The molecule has 11 nitrogen and oxygen atoms in total. The molecule has 2 aromatic heterocycles. The molecular formula is C24H27F3N8O3. The quantitative estimate of drug-likeness (QED) is 0.351. The number of halogens is 3. The molecule has 202 valence electrons. The first-order valence-corrected chi connectivity index (χ1v) is 12.4. The summed E-state index contributed by atoms with van der Waals surface area (Å²) in [5.41, 5.74) is 5.99. The maximum absolute atomic E-state index is 14.5. The fraction of sp³-hybridized carbons (Fsp3) is 0.458. The van der Waals surface area contributed by atoms with Crippen LogP contribution in [0.25, 0.3) is 11.2 Å². The Labute approximate surface area is 215 Å². The highest BCUT2D eigenvalue weighted by Crippen LogP contribution is 2.37. The van der Waals surface area contributed by atoms with E-state index in [1.807, 2.05) is 0 Å². The topological polar surface area (TPSA) is 151 Å². The predicted molar refractivity (Wildman–Crippen MR) is 131 cm³/mol. The van der Waals surface area contributed by atoms with Gasteiger partial charge in [0.15, 0.2) is 23.1 Å². The number of amides is 2. The molecule has 2 fully saturated rings. The zero-order chi connectivity index (χ0) is 27.0. The number of carbonyl (C=O) groups excluding carboxylic acids is 1. The summed E-state index contributed by atoms with van der Waals surface area (Å²) in [6, 6.07) is 1.52. The summed E-state index contributed by atoms with van der Waals surface area (Å²) in [7, 11) is 0. The largest absolute Gasteiger partial charge is 0.465 e. The van der Waals surface area contributed by atoms with E-state index in [2.05, 4.69) is 25.6 Å². The lowest BCUT2D eigenvalue weighted by atomic mass is 9.85. The summed E-state index contributed by atoms with van der Waals surface area (Å²) in [4.78, 5) is 37.8. The molecule has 3 aromatic rings. The predicted octanol–water partition coefficient (Wildman–Crippen LogP) is 3.76. The van der Waals surface area contributed by atoms with E-state index in [0.29, 0.717) is 49.8 Å². The van der Waals surface area contributed by atoms with Gasteiger partial charge < -0.3 is 26.4 Å². The number of primary amides is 1. The number of anilines is 3. The number of piperidine rings is 1. The maximum atomic E-state index is 14.5. The minimum absolute atomic E-state index is 0.161. The van der Waals surface area contributed by atoms with Crippen LogP contribution in [0, 0.1) is 23.4 Å². The summed E-state index contributed by atoms with van der Waals surface area (Å²) in [5, 5.41) is 15.3. The molecule has 5 N–H and O–H groups in total. The first kappa shape index (κ1) is 25.5. The molecule has 1 aliphatic carbocycles. The van der Waals surface area contributed by atoms with Crippen molar-refractivity contribution in [2.45, 2.75) is 50.6 Å². The number of nitrogens with zero attached hydrogens (tertiary/aromatic N) is 5. The fourth-order valence-electron chi connectivity index (χ4n) is 5.21. The second kappa shape index (κ2) is 10.3. The molecule has 3 heterocycles. The number of rotatable bonds is 6. The van der Waals surface area contributed by atoms with Crippen molar-refractivity contribution in [3.05, 3.63) is 35.8 Å². The lowest BCUT2D eigenvalue weighted by Gasteiger charge is -2.31. The molecule has 5 rings (SSSR count). The number of likely N-dealkylation sites (tertiary alicyclic amines) is 1. The molecule has 1 aliphatic heterocycles. The SMILES string of the molecule is NC(=O)[C@H]1CC[C@H](n2c(Nc3ccc(F)c(F)c3F)nc3cnc(NC4CCCN(C(=O)O)C4)nc32)CC1. The molecule has 1 atom stereocenters. The Balaban J connectivity index is 1.49. The number of imidazole rings is 1. The molecule has 14 heteroatoms. The van der Waals surface area contributed by atoms with Crippen molar-refractivity contribution in [3.63, 3.8) is 0 Å². The lowest BCUT2D eigenvalue weighted by Crippen LogP contribution is -2.44. The van der Waals surface area contributed by atoms with Gasteiger partial charge in [-0.1, -0.05) is 0 Å². The van der Waals surface area contributed by atoms with E-state index in [1.165, 1.54) is 11.1 Å². The first-order valence-electron chi connectivity index (χ1n) is 12.4. The van der Waals surface area contributed by atoms with Crippen LogP contribution in [0.5, 0.6) is 0 Å². The number of fused-ring (bicyclic) bond motifs is 1. The molecule has 2 amide bonds. The van der Waals surface area contributed by atoms with Gasteiger partial charge in [0.05, 0.1) is 11.9 Å². The van der Waals surface area contributed by atoms with E-state index in [9.17, 15) is 27.9 Å². The van der Waals surface area contributed by atoms with Crippen molar-refractivity contribution >= 4 is 40.7 Å². The van der Waals surface area contributed by atoms with E-state index >= 15 is 0 Å². The van der Waals surface area contributed by atoms with E-state index in [1.54, 1.807) is 4.57 Å². The number of hydrogen-bond donors (Lipinski definition) is 4. The Morgan fingerprint density at radius 3 is 2.53 bits per heavy atom. The van der Waals surface area contributed by atoms with Crippen molar-refractivity contribution in [2.24, 2.45) is 11.7 Å². The lowest BCUT2D eigenvalue weighted by molar-refractivity contribution is -0.122. The van der Waals surface area contributed by atoms with Crippen molar-refractivity contribution in [1.29, 1.82) is 0 Å². The van der Waals surface area contributed by atoms with Crippen molar-refractivity contribution < 1.29 is 27.9 Å². The molecule has 2 aliphatic rings. The van der Waals surface area contributed by atoms with Crippen LogP contribution in [0.1, 0.15) is 44.6 Å². The molecule has 0 spiro atoms. The molecule has 38 heavy (non-hydrogen) atoms. The zero-order valence-electron chi connectivity index (χ0n) is 20.3. The third-order valence-electron chi connectivity index (χ3n) is 7.20. The Morgan fingerprint density at radius 1 is 1.05 bits per heavy atom. The molecule has 1 unspecified atom stereocenters. The summed E-state index contributed by atoms with van der Waals surface area (Å²) < 4.78 is 43.6. The van der Waals surface area contributed by atoms with E-state index < -0.39 is 23.5 Å². The molecular weight excluding hydrogens is 505 g/mol. The van der Waals surface area contributed by atoms with Crippen LogP contribution in [0.15, 0.2) is 18.3 Å². The highest BCUT2D eigenvalue weighted by molar-refractivity contribution is 5.78. The molecule has 1 aromatic carbocycles. The number of carboxylic acid groups (broad SMARTS) is 1. The minimum Gasteiger partial charge on any atom is -0.465 e. The number of nitrogens with one attached hydrogen (secondary N) is 2. The Bertz CT molecular complexity index is 1380. The number of benzene rings is 1. The molecule has 0 radical (unpaired) electrons. The number of hydrogen-bond acceptors (Lipinski definition) is 7. The van der Waals surface area contributed by atoms with Crippen LogP contribution in [0.2, 0.25) is 0 Å². The van der Waals surface area contributed by atoms with Gasteiger partial charge in [-0.15, -0.1) is 0 Å². The molecule has 1 saturated heterocycles. The van der Waals surface area contributed by atoms with Crippen LogP contribution in [0.3, 0.4) is 0 Å². The van der Waals surface area contributed by atoms with Crippen LogP contribution >= 0.6 is 0 Å². The number of aromatic nitrogens is 4. The van der Waals surface area contributed by atoms with Gasteiger partial charge >= 0.3 is 6.09 Å². The highest BCUT2D eigenvalue weighted by atomic mass is 19.2. The maximum Gasteiger partial charge on any atom is 0.407 e. The Morgan fingerprint density at radius 2 is 1.82 bits per heavy atom. The van der Waals surface area contributed by atoms with Crippen molar-refractivity contribution in [3.8, 4) is 0 Å². The normalized spacial score (nSPS) is 21.9. The van der Waals surface area contributed by atoms with Gasteiger partial charge in [-0.3, -0.25) is 9.36 Å². The van der Waals surface area contributed by atoms with Gasteiger partial charge in [0.25, 0.3) is 0 Å². The van der Waals surface area contributed by atoms with Gasteiger partial charge in [0, 0.05) is 31.1 Å². The van der Waals surface area contributed by atoms with Gasteiger partial charge in [-0.05, 0) is 50.7 Å². The minimum atomic E-state index is -1.60. The second-order valence-electron chi connectivity index (χ2n) is 9.68. The van der Waals surface area contributed by atoms with Gasteiger partial charge in [0.2, 0.25) is 17.8 Å². The van der Waals surface area contributed by atoms with Gasteiger partial charge in [0.1, 0.15) is 5.52 Å². The number of nitrogens with two attached hydrogens (primary N) is 1. The summed E-state index contributed by atoms with van der Waals surface area (Å²) in [6.45, 7) is 0.749. The van der Waals surface area contributed by atoms with Crippen LogP contribution in [-0.2, 0) is 4.79 Å². The van der Waals surface area contributed by atoms with Crippen molar-refractivity contribution in [2.75, 3.05) is 23.7 Å². The zero-order valence-corrected chi connectivity index (χ0v) is 20.3. The monoisotopic (exact) mass is 532 g/mol. The first-order chi connectivity index (χ1) is 18.2. The van der Waals surface area contributed by atoms with E-state index in [-0.39, 0.29) is 48.0 Å². The van der Waals surface area contributed by atoms with E-state index in [0.717, 1.165) is 18.6 Å². The Hall–Kier alpha value is -4.10. The van der Waals surface area contributed by atoms with E-state index in [4.69, 9.17) is 5.73 Å². The smallest absolute Gasteiger partial charge is 0.407 e. The average Bonchev–Trinajstić information content (AvgIpc) is 3.26. The molecule has 0 bridgehead atoms. The third kappa shape index (κ3) is 5.02.